The lowest BCUT2D eigenvalue weighted by molar-refractivity contribution is -0.137. The van der Waals surface area contributed by atoms with Crippen LogP contribution in [0.4, 0.5) is 36.1 Å². The number of carbonyl (C=O) groups excluding carboxylic acids is 1. The lowest BCUT2D eigenvalue weighted by Gasteiger charge is -2.12. The number of nitrogen functional groups attached to an aromatic ring is 1. The van der Waals surface area contributed by atoms with Gasteiger partial charge < -0.3 is 16.4 Å². The number of aromatic nitrogens is 3. The molecule has 2 heterocycles. The Kier molecular flexibility index (Phi) is 5.90. The van der Waals surface area contributed by atoms with Crippen molar-refractivity contribution in [1.29, 1.82) is 0 Å². The van der Waals surface area contributed by atoms with Gasteiger partial charge in [0, 0.05) is 34.9 Å². The van der Waals surface area contributed by atoms with Crippen molar-refractivity contribution in [1.82, 2.24) is 15.2 Å². The molecule has 0 unspecified atom stereocenters. The fourth-order valence-electron chi connectivity index (χ4n) is 3.01. The molecule has 0 saturated heterocycles. The molecule has 0 fully saturated rings. The normalized spacial score (nSPS) is 11.1. The molecule has 10 heteroatoms. The van der Waals surface area contributed by atoms with E-state index in [4.69, 9.17) is 5.73 Å². The molecule has 0 radical (unpaired) electrons. The molecule has 166 valence electrons. The first-order valence-electron chi connectivity index (χ1n) is 9.69. The van der Waals surface area contributed by atoms with Gasteiger partial charge in [-0.15, -0.1) is 0 Å². The summed E-state index contributed by atoms with van der Waals surface area (Å²) in [7, 11) is 0. The number of benzene rings is 2. The van der Waals surface area contributed by atoms with E-state index in [1.807, 2.05) is 30.3 Å². The largest absolute Gasteiger partial charge is 0.417 e. The first-order chi connectivity index (χ1) is 15.8. The number of carbonyl (C=O) groups is 1. The van der Waals surface area contributed by atoms with Crippen molar-refractivity contribution in [3.05, 3.63) is 90.3 Å². The van der Waals surface area contributed by atoms with Gasteiger partial charge in [0.25, 0.3) is 5.91 Å². The predicted octanol–water partition coefficient (Wildman–Crippen LogP) is 5.14. The summed E-state index contributed by atoms with van der Waals surface area (Å²) in [6, 6.07) is 18.4. The molecule has 4 rings (SSSR count). The average Bonchev–Trinajstić information content (AvgIpc) is 2.81. The van der Waals surface area contributed by atoms with Crippen molar-refractivity contribution >= 4 is 28.8 Å². The molecule has 4 aromatic rings. The first kappa shape index (κ1) is 21.8. The lowest BCUT2D eigenvalue weighted by atomic mass is 10.1. The van der Waals surface area contributed by atoms with Gasteiger partial charge in [-0.05, 0) is 48.5 Å². The second-order valence-electron chi connectivity index (χ2n) is 7.00. The standard InChI is InChI=1S/C23H17F3N6O/c24-23(25,26)16-12-20(21(27)28-13-16)31-22(33)15-3-1-4-18(11-15)30-17-8-6-14(7-9-17)19-5-2-10-29-32-19/h1-13,30H,(H2,27,28)(H,31,33). The fraction of sp³-hybridized carbons (Fsp3) is 0.0435. The zero-order chi connectivity index (χ0) is 23.4. The summed E-state index contributed by atoms with van der Waals surface area (Å²) < 4.78 is 38.8. The third kappa shape index (κ3) is 5.24. The number of amides is 1. The highest BCUT2D eigenvalue weighted by atomic mass is 19.4. The number of nitrogens with zero attached hydrogens (tertiary/aromatic N) is 3. The van der Waals surface area contributed by atoms with Crippen molar-refractivity contribution in [3.8, 4) is 11.3 Å². The number of halogens is 3. The van der Waals surface area contributed by atoms with Crippen LogP contribution in [0.2, 0.25) is 0 Å². The molecule has 0 aliphatic heterocycles. The van der Waals surface area contributed by atoms with Gasteiger partial charge in [-0.1, -0.05) is 18.2 Å². The molecule has 0 aliphatic carbocycles. The maximum Gasteiger partial charge on any atom is 0.417 e. The number of rotatable bonds is 5. The number of nitrogens with two attached hydrogens (primary N) is 1. The summed E-state index contributed by atoms with van der Waals surface area (Å²) in [6.45, 7) is 0. The molecule has 0 saturated carbocycles. The van der Waals surface area contributed by atoms with Gasteiger partial charge in [-0.3, -0.25) is 4.79 Å². The summed E-state index contributed by atoms with van der Waals surface area (Å²) in [5.74, 6) is -0.835. The van der Waals surface area contributed by atoms with Crippen LogP contribution in [-0.4, -0.2) is 21.1 Å². The summed E-state index contributed by atoms with van der Waals surface area (Å²) in [5, 5.41) is 13.5. The van der Waals surface area contributed by atoms with Crippen molar-refractivity contribution in [2.75, 3.05) is 16.4 Å². The number of hydrogen-bond donors (Lipinski definition) is 3. The van der Waals surface area contributed by atoms with Gasteiger partial charge in [-0.2, -0.15) is 23.4 Å². The van der Waals surface area contributed by atoms with Crippen molar-refractivity contribution < 1.29 is 18.0 Å². The van der Waals surface area contributed by atoms with E-state index < -0.39 is 17.6 Å². The monoisotopic (exact) mass is 450 g/mol. The molecule has 0 spiro atoms. The van der Waals surface area contributed by atoms with Crippen LogP contribution in [0.1, 0.15) is 15.9 Å². The summed E-state index contributed by atoms with van der Waals surface area (Å²) in [4.78, 5) is 16.1. The Morgan fingerprint density at radius 2 is 1.73 bits per heavy atom. The van der Waals surface area contributed by atoms with Crippen LogP contribution >= 0.6 is 0 Å². The first-order valence-corrected chi connectivity index (χ1v) is 9.69. The third-order valence-corrected chi connectivity index (χ3v) is 4.66. The van der Waals surface area contributed by atoms with E-state index in [0.717, 1.165) is 23.0 Å². The molecule has 1 amide bonds. The number of pyridine rings is 1. The van der Waals surface area contributed by atoms with Crippen LogP contribution in [0.15, 0.2) is 79.1 Å². The quantitative estimate of drug-likeness (QED) is 0.389. The highest BCUT2D eigenvalue weighted by Gasteiger charge is 2.31. The molecule has 33 heavy (non-hydrogen) atoms. The smallest absolute Gasteiger partial charge is 0.382 e. The van der Waals surface area contributed by atoms with Crippen LogP contribution in [0.25, 0.3) is 11.3 Å². The molecule has 0 aliphatic rings. The highest BCUT2D eigenvalue weighted by Crippen LogP contribution is 2.32. The number of anilines is 4. The molecule has 0 bridgehead atoms. The van der Waals surface area contributed by atoms with Crippen molar-refractivity contribution in [3.63, 3.8) is 0 Å². The van der Waals surface area contributed by atoms with E-state index in [2.05, 4.69) is 25.8 Å². The highest BCUT2D eigenvalue weighted by molar-refractivity contribution is 6.06. The molecule has 7 nitrogen and oxygen atoms in total. The second-order valence-corrected chi connectivity index (χ2v) is 7.00. The number of nitrogens with one attached hydrogen (secondary N) is 2. The molecule has 4 N–H and O–H groups in total. The van der Waals surface area contributed by atoms with E-state index in [-0.39, 0.29) is 17.1 Å². The average molecular weight is 450 g/mol. The Morgan fingerprint density at radius 3 is 2.42 bits per heavy atom. The van der Waals surface area contributed by atoms with E-state index >= 15 is 0 Å². The molecular weight excluding hydrogens is 433 g/mol. The fourth-order valence-corrected chi connectivity index (χ4v) is 3.01. The maximum atomic E-state index is 12.9. The minimum absolute atomic E-state index is 0.214. The number of alkyl halides is 3. The van der Waals surface area contributed by atoms with Crippen LogP contribution in [0.5, 0.6) is 0 Å². The molecule has 2 aromatic carbocycles. The van der Waals surface area contributed by atoms with Gasteiger partial charge in [0.15, 0.2) is 0 Å². The minimum atomic E-state index is -4.60. The Labute approximate surface area is 186 Å². The summed E-state index contributed by atoms with van der Waals surface area (Å²) >= 11 is 0. The Bertz CT molecular complexity index is 1280. The zero-order valence-electron chi connectivity index (χ0n) is 17.0. The predicted molar refractivity (Wildman–Crippen MR) is 119 cm³/mol. The van der Waals surface area contributed by atoms with E-state index in [0.29, 0.717) is 11.9 Å². The van der Waals surface area contributed by atoms with Gasteiger partial charge in [0.2, 0.25) is 0 Å². The van der Waals surface area contributed by atoms with Crippen LogP contribution in [0, 0.1) is 0 Å². The second kappa shape index (κ2) is 8.95. The zero-order valence-corrected chi connectivity index (χ0v) is 17.0. The molecular formula is C23H17F3N6O. The van der Waals surface area contributed by atoms with Gasteiger partial charge in [0.05, 0.1) is 16.9 Å². The third-order valence-electron chi connectivity index (χ3n) is 4.66. The van der Waals surface area contributed by atoms with Gasteiger partial charge in [-0.25, -0.2) is 4.98 Å². The van der Waals surface area contributed by atoms with E-state index in [9.17, 15) is 18.0 Å². The summed E-state index contributed by atoms with van der Waals surface area (Å²) in [5.41, 5.74) is 7.66. The minimum Gasteiger partial charge on any atom is -0.382 e. The van der Waals surface area contributed by atoms with Crippen LogP contribution < -0.4 is 16.4 Å². The van der Waals surface area contributed by atoms with Crippen molar-refractivity contribution in [2.24, 2.45) is 0 Å². The Balaban J connectivity index is 1.48. The van der Waals surface area contributed by atoms with E-state index in [1.54, 1.807) is 30.5 Å². The van der Waals surface area contributed by atoms with E-state index in [1.165, 1.54) is 6.07 Å². The topological polar surface area (TPSA) is 106 Å². The Morgan fingerprint density at radius 1 is 0.939 bits per heavy atom. The van der Waals surface area contributed by atoms with Gasteiger partial charge >= 0.3 is 6.18 Å². The number of hydrogen-bond acceptors (Lipinski definition) is 6. The maximum absolute atomic E-state index is 12.9. The van der Waals surface area contributed by atoms with Crippen LogP contribution in [0.3, 0.4) is 0 Å². The Hall–Kier alpha value is -4.47. The van der Waals surface area contributed by atoms with Crippen LogP contribution in [-0.2, 0) is 6.18 Å². The summed E-state index contributed by atoms with van der Waals surface area (Å²) in [6.07, 6.45) is -2.39. The van der Waals surface area contributed by atoms with Crippen molar-refractivity contribution in [2.45, 2.75) is 6.18 Å². The van der Waals surface area contributed by atoms with Gasteiger partial charge in [0.1, 0.15) is 5.82 Å². The molecule has 2 aromatic heterocycles. The lowest BCUT2D eigenvalue weighted by Crippen LogP contribution is -2.15. The molecule has 0 atom stereocenters. The SMILES string of the molecule is Nc1ncc(C(F)(F)F)cc1NC(=O)c1cccc(Nc2ccc(-c3cccnn3)cc2)c1.